The molecule has 1 saturated carbocycles. The number of nitrogens with zero attached hydrogens (tertiary/aromatic N) is 6. The van der Waals surface area contributed by atoms with Crippen LogP contribution in [0.25, 0.3) is 11.0 Å². The molecule has 0 atom stereocenters. The van der Waals surface area contributed by atoms with Crippen molar-refractivity contribution < 1.29 is 9.13 Å². The summed E-state index contributed by atoms with van der Waals surface area (Å²) in [6.07, 6.45) is 3.47. The predicted molar refractivity (Wildman–Crippen MR) is 142 cm³/mol. The Kier molecular flexibility index (Phi) is 5.99. The summed E-state index contributed by atoms with van der Waals surface area (Å²) in [6.45, 7) is 8.71. The van der Waals surface area contributed by atoms with E-state index in [1.165, 1.54) is 31.7 Å². The zero-order valence-corrected chi connectivity index (χ0v) is 22.0. The van der Waals surface area contributed by atoms with Gasteiger partial charge in [-0.15, -0.1) is 0 Å². The van der Waals surface area contributed by atoms with Crippen LogP contribution in [0.15, 0.2) is 24.4 Å². The lowest BCUT2D eigenvalue weighted by Crippen LogP contribution is -2.70. The Morgan fingerprint density at radius 3 is 2.65 bits per heavy atom. The maximum absolute atomic E-state index is 13.2. The topological polar surface area (TPSA) is 97.4 Å². The molecule has 198 valence electrons. The van der Waals surface area contributed by atoms with Crippen LogP contribution in [0.4, 0.5) is 16.2 Å². The van der Waals surface area contributed by atoms with Gasteiger partial charge in [0.2, 0.25) is 5.95 Å². The van der Waals surface area contributed by atoms with Crippen LogP contribution in [0, 0.1) is 16.7 Å². The number of nitrogen functional groups attached to an aromatic ring is 1. The van der Waals surface area contributed by atoms with Gasteiger partial charge in [-0.2, -0.15) is 10.1 Å². The Morgan fingerprint density at radius 2 is 1.95 bits per heavy atom. The van der Waals surface area contributed by atoms with Crippen LogP contribution in [0.2, 0.25) is 0 Å². The van der Waals surface area contributed by atoms with E-state index in [1.54, 1.807) is 13.3 Å². The number of methoxy groups -OCH3 is 1. The highest BCUT2D eigenvalue weighted by Gasteiger charge is 2.49. The Balaban J connectivity index is 1.16. The third-order valence-corrected chi connectivity index (χ3v) is 8.36. The lowest BCUT2D eigenvalue weighted by Gasteiger charge is -2.59. The SMILES string of the molecule is COc1cc(CN2CC3(CN(C)C3)C2)ccc1Cn1ncc2nc(N)nc(NCC3CC(C)(CF)C3)c21. The monoisotopic (exact) mass is 508 g/mol. The Morgan fingerprint density at radius 1 is 1.16 bits per heavy atom. The Labute approximate surface area is 217 Å². The molecular weight excluding hydrogens is 471 g/mol. The Hall–Kier alpha value is -2.98. The fraction of sp³-hybridized carbons (Fsp3) is 0.593. The first-order valence-corrected chi connectivity index (χ1v) is 13.1. The van der Waals surface area contributed by atoms with Gasteiger partial charge in [-0.1, -0.05) is 19.1 Å². The number of nitrogens with two attached hydrogens (primary N) is 1. The van der Waals surface area contributed by atoms with Crippen LogP contribution in [0.5, 0.6) is 5.75 Å². The number of hydrogen-bond donors (Lipinski definition) is 2. The van der Waals surface area contributed by atoms with Crippen LogP contribution in [-0.2, 0) is 13.1 Å². The third-order valence-electron chi connectivity index (χ3n) is 8.36. The number of alkyl halides is 1. The van der Waals surface area contributed by atoms with Crippen molar-refractivity contribution in [2.75, 3.05) is 64.6 Å². The summed E-state index contributed by atoms with van der Waals surface area (Å²) in [5.41, 5.74) is 10.1. The molecule has 2 aliphatic heterocycles. The molecule has 10 heteroatoms. The molecule has 1 aliphatic carbocycles. The molecular formula is C27H37FN8O. The minimum Gasteiger partial charge on any atom is -0.496 e. The molecule has 9 nitrogen and oxygen atoms in total. The van der Waals surface area contributed by atoms with E-state index < -0.39 is 0 Å². The van der Waals surface area contributed by atoms with Gasteiger partial charge in [-0.3, -0.25) is 14.0 Å². The van der Waals surface area contributed by atoms with E-state index in [0.29, 0.717) is 29.2 Å². The van der Waals surface area contributed by atoms with Crippen molar-refractivity contribution in [3.8, 4) is 5.75 Å². The maximum Gasteiger partial charge on any atom is 0.222 e. The molecule has 0 bridgehead atoms. The van der Waals surface area contributed by atoms with Crippen molar-refractivity contribution in [3.05, 3.63) is 35.5 Å². The van der Waals surface area contributed by atoms with Crippen LogP contribution >= 0.6 is 0 Å². The summed E-state index contributed by atoms with van der Waals surface area (Å²) < 4.78 is 20.9. The third kappa shape index (κ3) is 4.61. The first-order chi connectivity index (χ1) is 17.8. The molecule has 37 heavy (non-hydrogen) atoms. The number of benzene rings is 1. The second-order valence-corrected chi connectivity index (χ2v) is 12.0. The van der Waals surface area contributed by atoms with Crippen LogP contribution < -0.4 is 15.8 Å². The normalized spacial score (nSPS) is 25.0. The van der Waals surface area contributed by atoms with Crippen molar-refractivity contribution in [2.45, 2.75) is 32.9 Å². The van der Waals surface area contributed by atoms with Gasteiger partial charge >= 0.3 is 0 Å². The number of halogens is 1. The van der Waals surface area contributed by atoms with Gasteiger partial charge in [0, 0.05) is 50.2 Å². The summed E-state index contributed by atoms with van der Waals surface area (Å²) in [4.78, 5) is 13.8. The quantitative estimate of drug-likeness (QED) is 0.455. The number of hydrogen-bond acceptors (Lipinski definition) is 8. The number of likely N-dealkylation sites (tertiary alicyclic amines) is 2. The smallest absolute Gasteiger partial charge is 0.222 e. The van der Waals surface area contributed by atoms with Crippen LogP contribution in [0.3, 0.4) is 0 Å². The average Bonchev–Trinajstić information content (AvgIpc) is 3.21. The van der Waals surface area contributed by atoms with Gasteiger partial charge < -0.3 is 20.7 Å². The second kappa shape index (κ2) is 9.09. The fourth-order valence-electron chi connectivity index (χ4n) is 6.84. The van der Waals surface area contributed by atoms with Crippen molar-refractivity contribution in [1.29, 1.82) is 0 Å². The minimum atomic E-state index is -0.266. The highest BCUT2D eigenvalue weighted by Crippen LogP contribution is 2.45. The fourth-order valence-corrected chi connectivity index (χ4v) is 6.84. The van der Waals surface area contributed by atoms with Crippen LogP contribution in [0.1, 0.15) is 30.9 Å². The zero-order chi connectivity index (χ0) is 25.8. The van der Waals surface area contributed by atoms with Gasteiger partial charge in [0.1, 0.15) is 16.8 Å². The van der Waals surface area contributed by atoms with E-state index in [4.69, 9.17) is 10.5 Å². The van der Waals surface area contributed by atoms with Crippen molar-refractivity contribution in [1.82, 2.24) is 29.5 Å². The van der Waals surface area contributed by atoms with Crippen molar-refractivity contribution >= 4 is 22.8 Å². The van der Waals surface area contributed by atoms with Gasteiger partial charge in [0.15, 0.2) is 5.82 Å². The van der Waals surface area contributed by atoms with E-state index in [9.17, 15) is 4.39 Å². The van der Waals surface area contributed by atoms with Gasteiger partial charge in [-0.05, 0) is 42.9 Å². The van der Waals surface area contributed by atoms with Crippen molar-refractivity contribution in [2.24, 2.45) is 16.7 Å². The second-order valence-electron chi connectivity index (χ2n) is 12.0. The number of ether oxygens (including phenoxy) is 1. The summed E-state index contributed by atoms with van der Waals surface area (Å²) in [7, 11) is 3.91. The largest absolute Gasteiger partial charge is 0.496 e. The van der Waals surface area contributed by atoms with E-state index in [2.05, 4.69) is 55.4 Å². The first-order valence-electron chi connectivity index (χ1n) is 13.1. The molecule has 6 rings (SSSR count). The number of nitrogens with one attached hydrogen (secondary N) is 1. The van der Waals surface area contributed by atoms with E-state index in [1.807, 2.05) is 11.6 Å². The van der Waals surface area contributed by atoms with Gasteiger partial charge in [0.25, 0.3) is 0 Å². The lowest BCUT2D eigenvalue weighted by atomic mass is 9.64. The zero-order valence-electron chi connectivity index (χ0n) is 22.0. The molecule has 0 radical (unpaired) electrons. The molecule has 0 unspecified atom stereocenters. The average molecular weight is 509 g/mol. The molecule has 3 aromatic rings. The standard InChI is InChI=1S/C27H37FN8O/c1-26(13-28)7-19(8-26)9-30-24-23-21(32-25(29)33-24)10-31-36(23)12-20-5-4-18(6-22(20)37-3)11-35-16-27(17-35)14-34(2)15-27/h4-6,10,19H,7-9,11-17H2,1-3H3,(H3,29,30,32,33). The van der Waals surface area contributed by atoms with E-state index in [-0.39, 0.29) is 18.0 Å². The number of rotatable bonds is 9. The summed E-state index contributed by atoms with van der Waals surface area (Å²) >= 11 is 0. The highest BCUT2D eigenvalue weighted by molar-refractivity contribution is 5.86. The summed E-state index contributed by atoms with van der Waals surface area (Å²) in [6, 6.07) is 6.46. The first kappa shape index (κ1) is 24.4. The molecule has 0 amide bonds. The Bertz CT molecular complexity index is 1290. The molecule has 3 N–H and O–H groups in total. The van der Waals surface area contributed by atoms with Gasteiger partial charge in [-0.25, -0.2) is 4.98 Å². The number of fused-ring (bicyclic) bond motifs is 1. The molecule has 3 fully saturated rings. The summed E-state index contributed by atoms with van der Waals surface area (Å²) in [5.74, 6) is 2.14. The van der Waals surface area contributed by atoms with E-state index >= 15 is 0 Å². The predicted octanol–water partition coefficient (Wildman–Crippen LogP) is 3.01. The highest BCUT2D eigenvalue weighted by atomic mass is 19.1. The molecule has 2 saturated heterocycles. The van der Waals surface area contributed by atoms with Crippen LogP contribution in [-0.4, -0.2) is 83.1 Å². The summed E-state index contributed by atoms with van der Waals surface area (Å²) in [5, 5.41) is 8.04. The van der Waals surface area contributed by atoms with Gasteiger partial charge in [0.05, 0.1) is 26.5 Å². The molecule has 3 aliphatic rings. The number of aromatic nitrogens is 4. The number of anilines is 2. The van der Waals surface area contributed by atoms with E-state index in [0.717, 1.165) is 42.8 Å². The molecule has 1 aromatic carbocycles. The molecule has 2 aromatic heterocycles. The van der Waals surface area contributed by atoms with Crippen molar-refractivity contribution in [3.63, 3.8) is 0 Å². The lowest BCUT2D eigenvalue weighted by molar-refractivity contribution is -0.107. The molecule has 4 heterocycles. The minimum absolute atomic E-state index is 0.179. The maximum atomic E-state index is 13.2. The molecule has 1 spiro atoms.